The molecular weight excluding hydrogens is 1320 g/mol. The third kappa shape index (κ3) is 76.1. The number of hydrogen-bond donors (Lipinski definition) is 3. The van der Waals surface area contributed by atoms with Crippen LogP contribution in [0.5, 0.6) is 0 Å². The summed E-state index contributed by atoms with van der Waals surface area (Å²) < 4.78 is 68.7. The molecule has 0 aliphatic carbocycles. The van der Waals surface area contributed by atoms with E-state index in [0.29, 0.717) is 25.7 Å². The van der Waals surface area contributed by atoms with Crippen molar-refractivity contribution in [3.63, 3.8) is 0 Å². The minimum Gasteiger partial charge on any atom is -0.462 e. The third-order valence-corrected chi connectivity index (χ3v) is 21.2. The Morgan fingerprint density at radius 2 is 0.455 bits per heavy atom. The monoisotopic (exact) mass is 1480 g/mol. The van der Waals surface area contributed by atoms with Gasteiger partial charge in [-0.2, -0.15) is 0 Å². The van der Waals surface area contributed by atoms with Crippen molar-refractivity contribution >= 4 is 39.5 Å². The zero-order valence-corrected chi connectivity index (χ0v) is 67.8. The first kappa shape index (κ1) is 99.1. The lowest BCUT2D eigenvalue weighted by Crippen LogP contribution is -2.30. The number of esters is 4. The Bertz CT molecular complexity index is 1930. The Kier molecular flexibility index (Phi) is 73.5. The standard InChI is InChI=1S/C82H160O17P2/c1-6-9-12-15-18-21-24-25-26-27-28-29-30-31-34-38-43-48-53-58-63-68-82(87)99-78(72-93-80(85)66-61-56-51-46-42-37-35-32-33-36-41-44-49-54-59-64-75(4)5)74-97-101(90,91)95-70-76(83)69-94-100(88,89)96-73-77(98-81(86)67-62-57-52-47-40-23-20-17-14-11-8-3)71-92-79(84)65-60-55-50-45-39-22-19-16-13-10-7-2/h75-78,83H,6-74H2,1-5H3,(H,88,89)(H,90,91)/t76-,77+,78+/m0/s1. The normalized spacial score (nSPS) is 13.8. The van der Waals surface area contributed by atoms with E-state index in [4.69, 9.17) is 37.0 Å². The number of unbranched alkanes of at least 4 members (excludes halogenated alkanes) is 54. The van der Waals surface area contributed by atoms with Crippen molar-refractivity contribution in [3.05, 3.63) is 0 Å². The van der Waals surface area contributed by atoms with Gasteiger partial charge in [-0.25, -0.2) is 9.13 Å². The van der Waals surface area contributed by atoms with Crippen LogP contribution in [0, 0.1) is 5.92 Å². The van der Waals surface area contributed by atoms with Crippen molar-refractivity contribution in [3.8, 4) is 0 Å². The van der Waals surface area contributed by atoms with Gasteiger partial charge in [0.05, 0.1) is 26.4 Å². The summed E-state index contributed by atoms with van der Waals surface area (Å²) in [6, 6.07) is 0. The maximum absolute atomic E-state index is 13.1. The lowest BCUT2D eigenvalue weighted by molar-refractivity contribution is -0.161. The second-order valence-electron chi connectivity index (χ2n) is 30.0. The van der Waals surface area contributed by atoms with Crippen molar-refractivity contribution in [1.29, 1.82) is 0 Å². The smallest absolute Gasteiger partial charge is 0.462 e. The molecule has 17 nitrogen and oxygen atoms in total. The van der Waals surface area contributed by atoms with Gasteiger partial charge in [-0.15, -0.1) is 0 Å². The predicted octanol–water partition coefficient (Wildman–Crippen LogP) is 24.8. The van der Waals surface area contributed by atoms with Gasteiger partial charge in [0.1, 0.15) is 19.3 Å². The molecule has 0 saturated carbocycles. The summed E-state index contributed by atoms with van der Waals surface area (Å²) in [6.45, 7) is 7.35. The summed E-state index contributed by atoms with van der Waals surface area (Å²) in [6.07, 6.45) is 66.6. The number of rotatable bonds is 82. The Labute approximate surface area is 619 Å². The number of aliphatic hydroxyl groups excluding tert-OH is 1. The fraction of sp³-hybridized carbons (Fsp3) is 0.951. The van der Waals surface area contributed by atoms with Crippen molar-refractivity contribution < 1.29 is 80.2 Å². The number of phosphoric acid groups is 2. The zero-order chi connectivity index (χ0) is 74.1. The van der Waals surface area contributed by atoms with Crippen LogP contribution in [0.15, 0.2) is 0 Å². The largest absolute Gasteiger partial charge is 0.472 e. The predicted molar refractivity (Wildman–Crippen MR) is 414 cm³/mol. The summed E-state index contributed by atoms with van der Waals surface area (Å²) in [5.41, 5.74) is 0. The number of carbonyl (C=O) groups is 4. The Morgan fingerprint density at radius 3 is 0.673 bits per heavy atom. The van der Waals surface area contributed by atoms with Crippen molar-refractivity contribution in [2.45, 2.75) is 457 Å². The van der Waals surface area contributed by atoms with E-state index in [9.17, 15) is 43.2 Å². The number of hydrogen-bond acceptors (Lipinski definition) is 15. The first-order valence-corrected chi connectivity index (χ1v) is 45.6. The van der Waals surface area contributed by atoms with E-state index in [2.05, 4.69) is 34.6 Å². The number of ether oxygens (including phenoxy) is 4. The Balaban J connectivity index is 5.21. The molecular formula is C82H160O17P2. The highest BCUT2D eigenvalue weighted by molar-refractivity contribution is 7.47. The van der Waals surface area contributed by atoms with Gasteiger partial charge in [-0.05, 0) is 31.6 Å². The lowest BCUT2D eigenvalue weighted by atomic mass is 10.0. The van der Waals surface area contributed by atoms with Crippen LogP contribution >= 0.6 is 15.6 Å². The summed E-state index contributed by atoms with van der Waals surface area (Å²) in [7, 11) is -9.92. The third-order valence-electron chi connectivity index (χ3n) is 19.3. The summed E-state index contributed by atoms with van der Waals surface area (Å²) in [5.74, 6) is -1.30. The molecule has 600 valence electrons. The van der Waals surface area contributed by atoms with E-state index in [0.717, 1.165) is 95.8 Å². The molecule has 0 aromatic heterocycles. The zero-order valence-electron chi connectivity index (χ0n) is 66.1. The maximum Gasteiger partial charge on any atom is 0.472 e. The van der Waals surface area contributed by atoms with Crippen LogP contribution in [0.4, 0.5) is 0 Å². The second-order valence-corrected chi connectivity index (χ2v) is 32.9. The maximum atomic E-state index is 13.1. The molecule has 19 heteroatoms. The second kappa shape index (κ2) is 74.9. The highest BCUT2D eigenvalue weighted by Crippen LogP contribution is 2.45. The van der Waals surface area contributed by atoms with Crippen molar-refractivity contribution in [2.75, 3.05) is 39.6 Å². The minimum atomic E-state index is -4.96. The van der Waals surface area contributed by atoms with Crippen LogP contribution in [-0.2, 0) is 65.4 Å². The molecule has 0 aromatic rings. The molecule has 5 atom stereocenters. The molecule has 101 heavy (non-hydrogen) atoms. The average Bonchev–Trinajstić information content (AvgIpc) is 1.12. The van der Waals surface area contributed by atoms with Crippen LogP contribution in [0.3, 0.4) is 0 Å². The van der Waals surface area contributed by atoms with Gasteiger partial charge in [0, 0.05) is 25.7 Å². The molecule has 0 amide bonds. The minimum absolute atomic E-state index is 0.108. The summed E-state index contributed by atoms with van der Waals surface area (Å²) >= 11 is 0. The number of phosphoric ester groups is 2. The van der Waals surface area contributed by atoms with Crippen LogP contribution in [0.2, 0.25) is 0 Å². The lowest BCUT2D eigenvalue weighted by Gasteiger charge is -2.21. The molecule has 0 aliphatic heterocycles. The van der Waals surface area contributed by atoms with Crippen LogP contribution < -0.4 is 0 Å². The van der Waals surface area contributed by atoms with E-state index in [1.807, 2.05) is 0 Å². The van der Waals surface area contributed by atoms with Gasteiger partial charge >= 0.3 is 39.5 Å². The van der Waals surface area contributed by atoms with Gasteiger partial charge in [0.15, 0.2) is 12.2 Å². The number of carbonyl (C=O) groups excluding carboxylic acids is 4. The van der Waals surface area contributed by atoms with E-state index in [-0.39, 0.29) is 25.7 Å². The van der Waals surface area contributed by atoms with Gasteiger partial charge in [-0.3, -0.25) is 37.3 Å². The van der Waals surface area contributed by atoms with Gasteiger partial charge in [0.25, 0.3) is 0 Å². The van der Waals surface area contributed by atoms with Crippen LogP contribution in [-0.4, -0.2) is 96.7 Å². The molecule has 0 bridgehead atoms. The van der Waals surface area contributed by atoms with Crippen LogP contribution in [0.1, 0.15) is 439 Å². The molecule has 0 radical (unpaired) electrons. The van der Waals surface area contributed by atoms with Crippen LogP contribution in [0.25, 0.3) is 0 Å². The molecule has 2 unspecified atom stereocenters. The van der Waals surface area contributed by atoms with Crippen molar-refractivity contribution in [2.24, 2.45) is 5.92 Å². The fourth-order valence-corrected chi connectivity index (χ4v) is 14.3. The van der Waals surface area contributed by atoms with Crippen molar-refractivity contribution in [1.82, 2.24) is 0 Å². The highest BCUT2D eigenvalue weighted by Gasteiger charge is 2.30. The van der Waals surface area contributed by atoms with E-state index < -0.39 is 97.5 Å². The Hall–Kier alpha value is -1.94. The summed E-state index contributed by atoms with van der Waals surface area (Å²) in [5, 5.41) is 10.6. The van der Waals surface area contributed by atoms with Gasteiger partial charge < -0.3 is 33.8 Å². The molecule has 0 fully saturated rings. The van der Waals surface area contributed by atoms with Gasteiger partial charge in [-0.1, -0.05) is 388 Å². The fourth-order valence-electron chi connectivity index (χ4n) is 12.8. The molecule has 0 spiro atoms. The number of aliphatic hydroxyl groups is 1. The topological polar surface area (TPSA) is 237 Å². The molecule has 0 aliphatic rings. The van der Waals surface area contributed by atoms with Gasteiger partial charge in [0.2, 0.25) is 0 Å². The molecule has 3 N–H and O–H groups in total. The van der Waals surface area contributed by atoms with E-state index >= 15 is 0 Å². The van der Waals surface area contributed by atoms with E-state index in [1.54, 1.807) is 0 Å². The molecule has 0 heterocycles. The first-order chi connectivity index (χ1) is 49.0. The molecule has 0 rings (SSSR count). The highest BCUT2D eigenvalue weighted by atomic mass is 31.2. The quantitative estimate of drug-likeness (QED) is 0.0222. The molecule has 0 saturated heterocycles. The SMILES string of the molecule is CCCCCCCCCCCCCCCCCCCCCCCC(=O)O[C@H](COC(=O)CCCCCCCCCCCCCCCCCC(C)C)COP(=O)(O)OC[C@@H](O)COP(=O)(O)OC[C@@H](COC(=O)CCCCCCCCCCCCC)OC(=O)CCCCCCCCCCCCC. The first-order valence-electron chi connectivity index (χ1n) is 42.6. The van der Waals surface area contributed by atoms with E-state index in [1.165, 1.54) is 263 Å². The average molecular weight is 1480 g/mol. The Morgan fingerprint density at radius 1 is 0.267 bits per heavy atom. The summed E-state index contributed by atoms with van der Waals surface area (Å²) in [4.78, 5) is 73.0. The molecule has 0 aromatic carbocycles.